The third-order valence-electron chi connectivity index (χ3n) is 4.11. The molecule has 5 heteroatoms. The summed E-state index contributed by atoms with van der Waals surface area (Å²) < 4.78 is 5.41. The first-order chi connectivity index (χ1) is 10.3. The Bertz CT molecular complexity index is 483. The summed E-state index contributed by atoms with van der Waals surface area (Å²) in [5.41, 5.74) is 2.04. The highest BCUT2D eigenvalue weighted by molar-refractivity contribution is 7.99. The van der Waals surface area contributed by atoms with E-state index in [9.17, 15) is 4.79 Å². The quantitative estimate of drug-likeness (QED) is 0.932. The molecule has 1 aromatic carbocycles. The van der Waals surface area contributed by atoms with Gasteiger partial charge in [0.1, 0.15) is 0 Å². The lowest BCUT2D eigenvalue weighted by molar-refractivity contribution is -0.120. The standard InChI is InChI=1S/C16H22N2O2S/c19-16(13-5-11-21-12-6-13)17-14-3-1-2-4-15(14)18-7-9-20-10-8-18/h1-4,13H,5-12H2,(H,17,19). The van der Waals surface area contributed by atoms with Crippen molar-refractivity contribution in [3.8, 4) is 0 Å². The highest BCUT2D eigenvalue weighted by Gasteiger charge is 2.23. The largest absolute Gasteiger partial charge is 0.378 e. The molecule has 1 amide bonds. The van der Waals surface area contributed by atoms with E-state index in [1.54, 1.807) is 0 Å². The van der Waals surface area contributed by atoms with Crippen molar-refractivity contribution in [1.82, 2.24) is 0 Å². The molecule has 1 aromatic rings. The van der Waals surface area contributed by atoms with Gasteiger partial charge in [0.2, 0.25) is 5.91 Å². The number of morpholine rings is 1. The molecule has 2 aliphatic rings. The van der Waals surface area contributed by atoms with Crippen LogP contribution in [0.3, 0.4) is 0 Å². The lowest BCUT2D eigenvalue weighted by Gasteiger charge is -2.31. The Morgan fingerprint density at radius 1 is 1.19 bits per heavy atom. The molecule has 21 heavy (non-hydrogen) atoms. The molecule has 0 aromatic heterocycles. The number of carbonyl (C=O) groups excluding carboxylic acids is 1. The molecule has 2 fully saturated rings. The summed E-state index contributed by atoms with van der Waals surface area (Å²) in [6.07, 6.45) is 1.99. The maximum Gasteiger partial charge on any atom is 0.227 e. The third-order valence-corrected chi connectivity index (χ3v) is 5.15. The van der Waals surface area contributed by atoms with Gasteiger partial charge in [-0.15, -0.1) is 0 Å². The van der Waals surface area contributed by atoms with Crippen molar-refractivity contribution in [2.75, 3.05) is 48.0 Å². The van der Waals surface area contributed by atoms with E-state index in [-0.39, 0.29) is 11.8 Å². The van der Waals surface area contributed by atoms with Crippen molar-refractivity contribution in [3.63, 3.8) is 0 Å². The van der Waals surface area contributed by atoms with Crippen LogP contribution in [0.1, 0.15) is 12.8 Å². The zero-order valence-electron chi connectivity index (χ0n) is 12.2. The molecule has 114 valence electrons. The number of carbonyl (C=O) groups is 1. The molecule has 0 atom stereocenters. The van der Waals surface area contributed by atoms with E-state index >= 15 is 0 Å². The summed E-state index contributed by atoms with van der Waals surface area (Å²) in [7, 11) is 0. The van der Waals surface area contributed by atoms with Gasteiger partial charge < -0.3 is 15.0 Å². The molecule has 2 heterocycles. The zero-order chi connectivity index (χ0) is 14.5. The molecule has 0 aliphatic carbocycles. The van der Waals surface area contributed by atoms with Gasteiger partial charge in [0, 0.05) is 19.0 Å². The molecule has 0 radical (unpaired) electrons. The maximum absolute atomic E-state index is 12.4. The Balaban J connectivity index is 1.70. The Morgan fingerprint density at radius 3 is 2.67 bits per heavy atom. The number of anilines is 2. The molecule has 4 nitrogen and oxygen atoms in total. The smallest absolute Gasteiger partial charge is 0.227 e. The Hall–Kier alpha value is -1.20. The average molecular weight is 306 g/mol. The predicted octanol–water partition coefficient (Wildman–Crippen LogP) is 2.60. The van der Waals surface area contributed by atoms with Crippen molar-refractivity contribution >= 4 is 29.0 Å². The van der Waals surface area contributed by atoms with Crippen LogP contribution < -0.4 is 10.2 Å². The van der Waals surface area contributed by atoms with Gasteiger partial charge in [-0.3, -0.25) is 4.79 Å². The summed E-state index contributed by atoms with van der Waals surface area (Å²) in [4.78, 5) is 14.7. The summed E-state index contributed by atoms with van der Waals surface area (Å²) in [5.74, 6) is 2.55. The fourth-order valence-electron chi connectivity index (χ4n) is 2.85. The average Bonchev–Trinajstić information content (AvgIpc) is 2.57. The zero-order valence-corrected chi connectivity index (χ0v) is 13.0. The first-order valence-corrected chi connectivity index (χ1v) is 8.80. The lowest BCUT2D eigenvalue weighted by Crippen LogP contribution is -2.37. The van der Waals surface area contributed by atoms with Crippen LogP contribution in [0.5, 0.6) is 0 Å². The summed E-state index contributed by atoms with van der Waals surface area (Å²) in [5, 5.41) is 3.15. The third kappa shape index (κ3) is 3.71. The number of hydrogen-bond donors (Lipinski definition) is 1. The number of amides is 1. The molecular formula is C16H22N2O2S. The van der Waals surface area contributed by atoms with E-state index in [2.05, 4.69) is 16.3 Å². The van der Waals surface area contributed by atoms with E-state index in [0.717, 1.165) is 62.0 Å². The summed E-state index contributed by atoms with van der Waals surface area (Å²) in [6.45, 7) is 3.27. The lowest BCUT2D eigenvalue weighted by atomic mass is 10.0. The molecule has 0 unspecified atom stereocenters. The van der Waals surface area contributed by atoms with Gasteiger partial charge in [0.25, 0.3) is 0 Å². The fourth-order valence-corrected chi connectivity index (χ4v) is 3.96. The SMILES string of the molecule is O=C(Nc1ccccc1N1CCOCC1)C1CCSCC1. The van der Waals surface area contributed by atoms with Crippen LogP contribution >= 0.6 is 11.8 Å². The number of hydrogen-bond acceptors (Lipinski definition) is 4. The second-order valence-electron chi connectivity index (χ2n) is 5.49. The molecule has 3 rings (SSSR count). The highest BCUT2D eigenvalue weighted by Crippen LogP contribution is 2.29. The number of thioether (sulfide) groups is 1. The van der Waals surface area contributed by atoms with Gasteiger partial charge in [-0.05, 0) is 36.5 Å². The van der Waals surface area contributed by atoms with Crippen LogP contribution in [0.25, 0.3) is 0 Å². The highest BCUT2D eigenvalue weighted by atomic mass is 32.2. The van der Waals surface area contributed by atoms with Gasteiger partial charge in [0.05, 0.1) is 24.6 Å². The normalized spacial score (nSPS) is 20.3. The Kier molecular flexibility index (Phi) is 5.04. The van der Waals surface area contributed by atoms with Gasteiger partial charge in [-0.25, -0.2) is 0 Å². The second kappa shape index (κ2) is 7.18. The topological polar surface area (TPSA) is 41.6 Å². The predicted molar refractivity (Wildman–Crippen MR) is 88.2 cm³/mol. The van der Waals surface area contributed by atoms with Gasteiger partial charge in [-0.1, -0.05) is 12.1 Å². The molecule has 1 N–H and O–H groups in total. The Morgan fingerprint density at radius 2 is 1.90 bits per heavy atom. The molecule has 2 aliphatic heterocycles. The van der Waals surface area contributed by atoms with Crippen LogP contribution in [-0.4, -0.2) is 43.7 Å². The van der Waals surface area contributed by atoms with Crippen LogP contribution in [-0.2, 0) is 9.53 Å². The molecule has 2 saturated heterocycles. The summed E-state index contributed by atoms with van der Waals surface area (Å²) >= 11 is 1.95. The van der Waals surface area contributed by atoms with E-state index in [1.807, 2.05) is 30.0 Å². The molecule has 0 saturated carbocycles. The minimum absolute atomic E-state index is 0.170. The number of rotatable bonds is 3. The van der Waals surface area contributed by atoms with Crippen molar-refractivity contribution in [2.45, 2.75) is 12.8 Å². The van der Waals surface area contributed by atoms with Gasteiger partial charge >= 0.3 is 0 Å². The van der Waals surface area contributed by atoms with E-state index in [1.165, 1.54) is 0 Å². The van der Waals surface area contributed by atoms with Crippen LogP contribution in [0, 0.1) is 5.92 Å². The van der Waals surface area contributed by atoms with E-state index in [4.69, 9.17) is 4.74 Å². The molecule has 0 spiro atoms. The van der Waals surface area contributed by atoms with Crippen LogP contribution in [0.15, 0.2) is 24.3 Å². The number of para-hydroxylation sites is 2. The summed E-state index contributed by atoms with van der Waals surface area (Å²) in [6, 6.07) is 8.09. The number of nitrogens with zero attached hydrogens (tertiary/aromatic N) is 1. The van der Waals surface area contributed by atoms with Crippen LogP contribution in [0.4, 0.5) is 11.4 Å². The minimum Gasteiger partial charge on any atom is -0.378 e. The number of benzene rings is 1. The first kappa shape index (κ1) is 14.7. The van der Waals surface area contributed by atoms with Gasteiger partial charge in [-0.2, -0.15) is 11.8 Å². The van der Waals surface area contributed by atoms with Crippen LogP contribution in [0.2, 0.25) is 0 Å². The monoisotopic (exact) mass is 306 g/mol. The number of ether oxygens (including phenoxy) is 1. The fraction of sp³-hybridized carbons (Fsp3) is 0.562. The van der Waals surface area contributed by atoms with Crippen molar-refractivity contribution in [3.05, 3.63) is 24.3 Å². The minimum atomic E-state index is 0.170. The van der Waals surface area contributed by atoms with Crippen molar-refractivity contribution in [1.29, 1.82) is 0 Å². The first-order valence-electron chi connectivity index (χ1n) is 7.65. The Labute approximate surface area is 130 Å². The van der Waals surface area contributed by atoms with Crippen molar-refractivity contribution < 1.29 is 9.53 Å². The van der Waals surface area contributed by atoms with E-state index in [0.29, 0.717) is 0 Å². The van der Waals surface area contributed by atoms with E-state index < -0.39 is 0 Å². The van der Waals surface area contributed by atoms with Gasteiger partial charge in [0.15, 0.2) is 0 Å². The molecule has 0 bridgehead atoms. The van der Waals surface area contributed by atoms with Crippen molar-refractivity contribution in [2.24, 2.45) is 5.92 Å². The number of nitrogens with one attached hydrogen (secondary N) is 1. The maximum atomic E-state index is 12.4. The second-order valence-corrected chi connectivity index (χ2v) is 6.72. The molecular weight excluding hydrogens is 284 g/mol.